The van der Waals surface area contributed by atoms with Gasteiger partial charge < -0.3 is 10.1 Å². The number of nitrogens with one attached hydrogen (secondary N) is 1. The zero-order valence-electron chi connectivity index (χ0n) is 9.90. The maximum Gasteiger partial charge on any atom is 0.146 e. The third-order valence-corrected chi connectivity index (χ3v) is 3.83. The standard InChI is InChI=1S/C11H19N3OS/c1-3-12-7-6-10-13-14-11(16-10)9-5-4-8(2)15-9/h8-9,12H,3-7H2,1-2H3. The zero-order valence-corrected chi connectivity index (χ0v) is 10.7. The molecule has 2 atom stereocenters. The molecule has 1 N–H and O–H groups in total. The van der Waals surface area contributed by atoms with Crippen LogP contribution in [0.2, 0.25) is 0 Å². The summed E-state index contributed by atoms with van der Waals surface area (Å²) < 4.78 is 5.78. The molecule has 0 amide bonds. The Morgan fingerprint density at radius 1 is 1.44 bits per heavy atom. The fourth-order valence-corrected chi connectivity index (χ4v) is 2.77. The molecule has 2 rings (SSSR count). The first-order valence-corrected chi connectivity index (χ1v) is 6.79. The van der Waals surface area contributed by atoms with E-state index in [1.807, 2.05) is 0 Å². The van der Waals surface area contributed by atoms with Gasteiger partial charge in [0.2, 0.25) is 0 Å². The predicted molar refractivity (Wildman–Crippen MR) is 64.7 cm³/mol. The summed E-state index contributed by atoms with van der Waals surface area (Å²) in [7, 11) is 0. The number of likely N-dealkylation sites (N-methyl/N-ethyl adjacent to an activating group) is 1. The van der Waals surface area contributed by atoms with Crippen LogP contribution in [0.3, 0.4) is 0 Å². The van der Waals surface area contributed by atoms with Crippen molar-refractivity contribution in [3.63, 3.8) is 0 Å². The third-order valence-electron chi connectivity index (χ3n) is 2.76. The average molecular weight is 241 g/mol. The van der Waals surface area contributed by atoms with Gasteiger partial charge in [0, 0.05) is 13.0 Å². The number of aromatic nitrogens is 2. The minimum atomic E-state index is 0.195. The van der Waals surface area contributed by atoms with E-state index in [9.17, 15) is 0 Å². The predicted octanol–water partition coefficient (Wildman–Crippen LogP) is 1.93. The Hall–Kier alpha value is -0.520. The summed E-state index contributed by atoms with van der Waals surface area (Å²) >= 11 is 1.70. The second kappa shape index (κ2) is 5.70. The summed E-state index contributed by atoms with van der Waals surface area (Å²) in [6, 6.07) is 0. The van der Waals surface area contributed by atoms with Crippen LogP contribution in [0.25, 0.3) is 0 Å². The van der Waals surface area contributed by atoms with E-state index in [-0.39, 0.29) is 6.10 Å². The molecule has 90 valence electrons. The highest BCUT2D eigenvalue weighted by Crippen LogP contribution is 2.33. The van der Waals surface area contributed by atoms with Gasteiger partial charge in [-0.3, -0.25) is 0 Å². The first-order valence-electron chi connectivity index (χ1n) is 5.98. The molecule has 0 spiro atoms. The number of hydrogen-bond acceptors (Lipinski definition) is 5. The molecule has 0 radical (unpaired) electrons. The van der Waals surface area contributed by atoms with Crippen LogP contribution >= 0.6 is 11.3 Å². The second-order valence-corrected chi connectivity index (χ2v) is 5.24. The lowest BCUT2D eigenvalue weighted by Gasteiger charge is -2.05. The maximum atomic E-state index is 5.78. The molecule has 1 aliphatic rings. The Morgan fingerprint density at radius 2 is 2.31 bits per heavy atom. The van der Waals surface area contributed by atoms with Gasteiger partial charge in [-0.05, 0) is 26.3 Å². The molecular weight excluding hydrogens is 222 g/mol. The summed E-state index contributed by atoms with van der Waals surface area (Å²) in [6.07, 6.45) is 3.76. The van der Waals surface area contributed by atoms with E-state index >= 15 is 0 Å². The van der Waals surface area contributed by atoms with Crippen molar-refractivity contribution in [3.8, 4) is 0 Å². The molecule has 4 nitrogen and oxygen atoms in total. The van der Waals surface area contributed by atoms with Crippen molar-refractivity contribution in [1.29, 1.82) is 0 Å². The first-order chi connectivity index (χ1) is 7.79. The number of rotatable bonds is 5. The Balaban J connectivity index is 1.87. The average Bonchev–Trinajstić information content (AvgIpc) is 2.87. The topological polar surface area (TPSA) is 47.0 Å². The van der Waals surface area contributed by atoms with Crippen LogP contribution in [0, 0.1) is 0 Å². The normalized spacial score (nSPS) is 25.1. The lowest BCUT2D eigenvalue weighted by molar-refractivity contribution is 0.0550. The molecular formula is C11H19N3OS. The molecule has 1 aromatic heterocycles. The van der Waals surface area contributed by atoms with Gasteiger partial charge >= 0.3 is 0 Å². The van der Waals surface area contributed by atoms with Crippen LogP contribution in [0.5, 0.6) is 0 Å². The van der Waals surface area contributed by atoms with E-state index in [4.69, 9.17) is 4.74 Å². The van der Waals surface area contributed by atoms with E-state index in [0.29, 0.717) is 6.10 Å². The monoisotopic (exact) mass is 241 g/mol. The largest absolute Gasteiger partial charge is 0.368 e. The summed E-state index contributed by atoms with van der Waals surface area (Å²) in [4.78, 5) is 0. The number of hydrogen-bond donors (Lipinski definition) is 1. The summed E-state index contributed by atoms with van der Waals surface area (Å²) in [5, 5.41) is 13.9. The van der Waals surface area contributed by atoms with Crippen LogP contribution < -0.4 is 5.32 Å². The molecule has 1 aliphatic heterocycles. The van der Waals surface area contributed by atoms with E-state index < -0.39 is 0 Å². The fourth-order valence-electron chi connectivity index (χ4n) is 1.85. The molecule has 1 fully saturated rings. The third kappa shape index (κ3) is 2.99. The maximum absolute atomic E-state index is 5.78. The van der Waals surface area contributed by atoms with Crippen molar-refractivity contribution in [3.05, 3.63) is 10.0 Å². The van der Waals surface area contributed by atoms with E-state index in [1.165, 1.54) is 0 Å². The first kappa shape index (κ1) is 12.0. The van der Waals surface area contributed by atoms with E-state index in [0.717, 1.165) is 42.4 Å². The van der Waals surface area contributed by atoms with Crippen molar-refractivity contribution >= 4 is 11.3 Å². The SMILES string of the molecule is CCNCCc1nnc(C2CCC(C)O2)s1. The summed E-state index contributed by atoms with van der Waals surface area (Å²) in [6.45, 7) is 6.22. The molecule has 2 unspecified atom stereocenters. The zero-order chi connectivity index (χ0) is 11.4. The molecule has 0 aromatic carbocycles. The smallest absolute Gasteiger partial charge is 0.146 e. The molecule has 5 heteroatoms. The van der Waals surface area contributed by atoms with Crippen LogP contribution in [0.4, 0.5) is 0 Å². The van der Waals surface area contributed by atoms with Gasteiger partial charge in [0.15, 0.2) is 0 Å². The fraction of sp³-hybridized carbons (Fsp3) is 0.818. The quantitative estimate of drug-likeness (QED) is 0.800. The van der Waals surface area contributed by atoms with E-state index in [2.05, 4.69) is 29.4 Å². The molecule has 0 aliphatic carbocycles. The highest BCUT2D eigenvalue weighted by molar-refractivity contribution is 7.11. The van der Waals surface area contributed by atoms with Crippen LogP contribution in [0.15, 0.2) is 0 Å². The van der Waals surface area contributed by atoms with Gasteiger partial charge in [-0.15, -0.1) is 10.2 Å². The Kier molecular flexibility index (Phi) is 4.26. The van der Waals surface area contributed by atoms with Gasteiger partial charge in [-0.25, -0.2) is 0 Å². The summed E-state index contributed by atoms with van der Waals surface area (Å²) in [5.74, 6) is 0. The van der Waals surface area contributed by atoms with Crippen molar-refractivity contribution in [2.24, 2.45) is 0 Å². The Bertz CT molecular complexity index is 329. The van der Waals surface area contributed by atoms with Crippen LogP contribution in [-0.4, -0.2) is 29.4 Å². The highest BCUT2D eigenvalue weighted by atomic mass is 32.1. The van der Waals surface area contributed by atoms with Gasteiger partial charge in [-0.2, -0.15) is 0 Å². The molecule has 2 heterocycles. The van der Waals surface area contributed by atoms with Crippen molar-refractivity contribution in [2.75, 3.05) is 13.1 Å². The van der Waals surface area contributed by atoms with Gasteiger partial charge in [0.05, 0.1) is 6.10 Å². The minimum Gasteiger partial charge on any atom is -0.368 e. The van der Waals surface area contributed by atoms with Crippen LogP contribution in [-0.2, 0) is 11.2 Å². The molecule has 0 bridgehead atoms. The van der Waals surface area contributed by atoms with Gasteiger partial charge in [0.1, 0.15) is 16.1 Å². The highest BCUT2D eigenvalue weighted by Gasteiger charge is 2.26. The van der Waals surface area contributed by atoms with Gasteiger partial charge in [-0.1, -0.05) is 18.3 Å². The lowest BCUT2D eigenvalue weighted by Crippen LogP contribution is -2.15. The molecule has 1 saturated heterocycles. The lowest BCUT2D eigenvalue weighted by atomic mass is 10.2. The van der Waals surface area contributed by atoms with Crippen molar-refractivity contribution < 1.29 is 4.74 Å². The van der Waals surface area contributed by atoms with E-state index in [1.54, 1.807) is 11.3 Å². The van der Waals surface area contributed by atoms with Crippen LogP contribution in [0.1, 0.15) is 42.8 Å². The van der Waals surface area contributed by atoms with Crippen molar-refractivity contribution in [2.45, 2.75) is 45.3 Å². The number of nitrogens with zero attached hydrogens (tertiary/aromatic N) is 2. The summed E-state index contributed by atoms with van der Waals surface area (Å²) in [5.41, 5.74) is 0. The molecule has 16 heavy (non-hydrogen) atoms. The second-order valence-electron chi connectivity index (χ2n) is 4.15. The van der Waals surface area contributed by atoms with Gasteiger partial charge in [0.25, 0.3) is 0 Å². The minimum absolute atomic E-state index is 0.195. The Morgan fingerprint density at radius 3 is 3.00 bits per heavy atom. The molecule has 1 aromatic rings. The Labute approximate surface area is 100 Å². The number of ether oxygens (including phenoxy) is 1. The van der Waals surface area contributed by atoms with Crippen molar-refractivity contribution in [1.82, 2.24) is 15.5 Å². The molecule has 0 saturated carbocycles.